The minimum Gasteiger partial charge on any atom is -0.407 e. The maximum absolute atomic E-state index is 5.65. The van der Waals surface area contributed by atoms with E-state index in [9.17, 15) is 0 Å². The van der Waals surface area contributed by atoms with Gasteiger partial charge in [0.15, 0.2) is 8.32 Å². The standard InChI is InChI=1S/C7H17BrOSi/c1-7(2,3)10(4,5)9-6-8/h6H2,1-5H3. The van der Waals surface area contributed by atoms with Crippen molar-refractivity contribution in [3.05, 3.63) is 0 Å². The van der Waals surface area contributed by atoms with Crippen molar-refractivity contribution < 1.29 is 4.43 Å². The molecule has 0 aliphatic heterocycles. The van der Waals surface area contributed by atoms with Gasteiger partial charge in [0, 0.05) is 0 Å². The Kier molecular flexibility index (Phi) is 3.59. The molecule has 0 aromatic heterocycles. The summed E-state index contributed by atoms with van der Waals surface area (Å²) in [6.07, 6.45) is 0. The van der Waals surface area contributed by atoms with Crippen LogP contribution in [0, 0.1) is 0 Å². The summed E-state index contributed by atoms with van der Waals surface area (Å²) in [7, 11) is -1.45. The molecular weight excluding hydrogens is 208 g/mol. The Balaban J connectivity index is 4.10. The third kappa shape index (κ3) is 2.72. The molecule has 0 spiro atoms. The van der Waals surface area contributed by atoms with E-state index in [1.807, 2.05) is 0 Å². The predicted octanol–water partition coefficient (Wildman–Crippen LogP) is 3.36. The fourth-order valence-corrected chi connectivity index (χ4v) is 2.78. The highest BCUT2D eigenvalue weighted by atomic mass is 79.9. The lowest BCUT2D eigenvalue weighted by Crippen LogP contribution is -2.40. The van der Waals surface area contributed by atoms with Crippen molar-refractivity contribution in [2.45, 2.75) is 38.9 Å². The zero-order chi connectivity index (χ0) is 8.41. The quantitative estimate of drug-likeness (QED) is 0.517. The van der Waals surface area contributed by atoms with Crippen molar-refractivity contribution in [1.82, 2.24) is 0 Å². The predicted molar refractivity (Wildman–Crippen MR) is 52.1 cm³/mol. The van der Waals surface area contributed by atoms with E-state index in [0.717, 1.165) is 0 Å². The van der Waals surface area contributed by atoms with Gasteiger partial charge in [-0.3, -0.25) is 0 Å². The highest BCUT2D eigenvalue weighted by Crippen LogP contribution is 2.36. The van der Waals surface area contributed by atoms with Crippen LogP contribution in [0.1, 0.15) is 20.8 Å². The molecule has 0 atom stereocenters. The van der Waals surface area contributed by atoms with Gasteiger partial charge in [0.25, 0.3) is 0 Å². The number of alkyl halides is 1. The topological polar surface area (TPSA) is 9.23 Å². The Hall–Kier alpha value is 0.657. The van der Waals surface area contributed by atoms with Gasteiger partial charge in [0.05, 0.1) is 5.52 Å². The van der Waals surface area contributed by atoms with E-state index in [1.165, 1.54) is 0 Å². The van der Waals surface area contributed by atoms with Crippen molar-refractivity contribution in [2.24, 2.45) is 0 Å². The fraction of sp³-hybridized carbons (Fsp3) is 1.00. The van der Waals surface area contributed by atoms with E-state index >= 15 is 0 Å². The van der Waals surface area contributed by atoms with Gasteiger partial charge in [-0.1, -0.05) is 36.7 Å². The molecule has 0 saturated heterocycles. The molecule has 3 heteroatoms. The van der Waals surface area contributed by atoms with E-state index in [1.54, 1.807) is 0 Å². The molecule has 0 aromatic rings. The summed E-state index contributed by atoms with van der Waals surface area (Å²) in [6.45, 7) is 11.2. The van der Waals surface area contributed by atoms with Crippen molar-refractivity contribution in [1.29, 1.82) is 0 Å². The minimum absolute atomic E-state index is 0.334. The average molecular weight is 225 g/mol. The Morgan fingerprint density at radius 2 is 1.70 bits per heavy atom. The van der Waals surface area contributed by atoms with Crippen LogP contribution in [0.4, 0.5) is 0 Å². The molecule has 0 bridgehead atoms. The molecule has 1 nitrogen and oxygen atoms in total. The first-order valence-corrected chi connectivity index (χ1v) is 7.54. The minimum atomic E-state index is -1.45. The van der Waals surface area contributed by atoms with Crippen molar-refractivity contribution in [3.63, 3.8) is 0 Å². The molecule has 0 N–H and O–H groups in total. The van der Waals surface area contributed by atoms with Crippen molar-refractivity contribution >= 4 is 24.2 Å². The Morgan fingerprint density at radius 1 is 1.30 bits per heavy atom. The van der Waals surface area contributed by atoms with Crippen LogP contribution in [0.15, 0.2) is 0 Å². The summed E-state index contributed by atoms with van der Waals surface area (Å²) >= 11 is 3.29. The fourth-order valence-electron chi connectivity index (χ4n) is 0.353. The molecular formula is C7H17BrOSi. The van der Waals surface area contributed by atoms with Crippen LogP contribution in [-0.4, -0.2) is 13.8 Å². The lowest BCUT2D eigenvalue weighted by molar-refractivity contribution is 0.359. The van der Waals surface area contributed by atoms with Gasteiger partial charge in [0.2, 0.25) is 0 Å². The highest BCUT2D eigenvalue weighted by Gasteiger charge is 2.36. The first-order valence-electron chi connectivity index (χ1n) is 3.51. The lowest BCUT2D eigenvalue weighted by Gasteiger charge is -2.35. The van der Waals surface area contributed by atoms with E-state index in [4.69, 9.17) is 4.43 Å². The number of hydrogen-bond acceptors (Lipinski definition) is 1. The normalized spacial score (nSPS) is 13.8. The number of hydrogen-bond donors (Lipinski definition) is 0. The molecule has 0 rings (SSSR count). The Bertz CT molecular complexity index is 107. The van der Waals surface area contributed by atoms with Crippen LogP contribution < -0.4 is 0 Å². The SMILES string of the molecule is CC(C)(C)[Si](C)(C)OCBr. The van der Waals surface area contributed by atoms with Crippen molar-refractivity contribution in [3.8, 4) is 0 Å². The molecule has 0 aliphatic rings. The van der Waals surface area contributed by atoms with E-state index in [-0.39, 0.29) is 0 Å². The smallest absolute Gasteiger partial charge is 0.193 e. The number of halogens is 1. The lowest BCUT2D eigenvalue weighted by atomic mass is 10.2. The second-order valence-electron chi connectivity index (χ2n) is 4.01. The van der Waals surface area contributed by atoms with Crippen LogP contribution in [0.3, 0.4) is 0 Å². The summed E-state index contributed by atoms with van der Waals surface area (Å²) < 4.78 is 5.65. The monoisotopic (exact) mass is 224 g/mol. The van der Waals surface area contributed by atoms with Gasteiger partial charge in [-0.05, 0) is 18.1 Å². The third-order valence-corrected chi connectivity index (χ3v) is 7.35. The summed E-state index contributed by atoms with van der Waals surface area (Å²) in [4.78, 5) is 0. The van der Waals surface area contributed by atoms with Crippen LogP contribution in [0.5, 0.6) is 0 Å². The van der Waals surface area contributed by atoms with E-state index in [2.05, 4.69) is 49.8 Å². The van der Waals surface area contributed by atoms with Gasteiger partial charge in [0.1, 0.15) is 0 Å². The summed E-state index contributed by atoms with van der Waals surface area (Å²) in [6, 6.07) is 0. The van der Waals surface area contributed by atoms with Gasteiger partial charge in [-0.15, -0.1) is 0 Å². The van der Waals surface area contributed by atoms with Crippen LogP contribution in [0.2, 0.25) is 18.1 Å². The van der Waals surface area contributed by atoms with Crippen molar-refractivity contribution in [2.75, 3.05) is 5.52 Å². The molecule has 0 heterocycles. The molecule has 0 unspecified atom stereocenters. The molecule has 10 heavy (non-hydrogen) atoms. The van der Waals surface area contributed by atoms with Gasteiger partial charge >= 0.3 is 0 Å². The Labute approximate surface area is 73.4 Å². The zero-order valence-corrected chi connectivity index (χ0v) is 10.1. The van der Waals surface area contributed by atoms with E-state index < -0.39 is 8.32 Å². The largest absolute Gasteiger partial charge is 0.407 e. The molecule has 62 valence electrons. The molecule has 0 radical (unpaired) electrons. The Morgan fingerprint density at radius 3 is 1.80 bits per heavy atom. The zero-order valence-electron chi connectivity index (χ0n) is 7.49. The third-order valence-electron chi connectivity index (χ3n) is 2.22. The molecule has 0 amide bonds. The number of rotatable bonds is 2. The van der Waals surface area contributed by atoms with Crippen LogP contribution in [-0.2, 0) is 4.43 Å². The second-order valence-corrected chi connectivity index (χ2v) is 9.28. The molecule has 0 aliphatic carbocycles. The van der Waals surface area contributed by atoms with Crippen LogP contribution >= 0.6 is 15.9 Å². The first kappa shape index (κ1) is 10.7. The average Bonchev–Trinajstić information content (AvgIpc) is 1.61. The molecule has 0 aromatic carbocycles. The van der Waals surface area contributed by atoms with Crippen LogP contribution in [0.25, 0.3) is 0 Å². The molecule has 0 saturated carbocycles. The summed E-state index contributed by atoms with van der Waals surface area (Å²) in [5.74, 6) is 0. The first-order chi connectivity index (χ1) is 4.31. The summed E-state index contributed by atoms with van der Waals surface area (Å²) in [5.41, 5.74) is 0.670. The van der Waals surface area contributed by atoms with E-state index in [0.29, 0.717) is 10.6 Å². The highest BCUT2D eigenvalue weighted by molar-refractivity contribution is 9.09. The van der Waals surface area contributed by atoms with Gasteiger partial charge < -0.3 is 4.43 Å². The second kappa shape index (κ2) is 3.37. The maximum atomic E-state index is 5.65. The summed E-state index contributed by atoms with van der Waals surface area (Å²) in [5, 5.41) is 0.334. The van der Waals surface area contributed by atoms with Gasteiger partial charge in [-0.25, -0.2) is 0 Å². The maximum Gasteiger partial charge on any atom is 0.193 e. The van der Waals surface area contributed by atoms with Gasteiger partial charge in [-0.2, -0.15) is 0 Å². The molecule has 0 fully saturated rings.